The number of hydrogen-bond acceptors (Lipinski definition) is 11. The van der Waals surface area contributed by atoms with Crippen molar-refractivity contribution in [3.8, 4) is 51.4 Å². The summed E-state index contributed by atoms with van der Waals surface area (Å²) < 4.78 is 64.3. The van der Waals surface area contributed by atoms with Gasteiger partial charge in [0.15, 0.2) is 0 Å². The van der Waals surface area contributed by atoms with Gasteiger partial charge in [0.1, 0.15) is 57.0 Å². The smallest absolute Gasteiger partial charge is 0.497 e. The van der Waals surface area contributed by atoms with E-state index in [-0.39, 0.29) is 0 Å². The van der Waals surface area contributed by atoms with Crippen LogP contribution in [0, 0.1) is 6.92 Å². The van der Waals surface area contributed by atoms with E-state index in [2.05, 4.69) is 39.8 Å². The van der Waals surface area contributed by atoms with E-state index >= 15 is 0 Å². The summed E-state index contributed by atoms with van der Waals surface area (Å²) in [4.78, 5) is 13.4. The Labute approximate surface area is 385 Å². The summed E-state index contributed by atoms with van der Waals surface area (Å²) in [5.74, 6) is 3.66. The first-order valence-electron chi connectivity index (χ1n) is 22.8. The molecule has 1 atom stereocenters. The fourth-order valence-corrected chi connectivity index (χ4v) is 10.3. The molecular weight excluding hydrogens is 863 g/mol. The Hall–Kier alpha value is -5.50. The number of carbonyl (C=O) groups is 1. The third-order valence-corrected chi connectivity index (χ3v) is 13.6. The van der Waals surface area contributed by atoms with Crippen LogP contribution in [-0.4, -0.2) is 34.4 Å². The van der Waals surface area contributed by atoms with Crippen molar-refractivity contribution in [2.45, 2.75) is 112 Å². The maximum Gasteiger partial charge on any atom is 0.532 e. The quantitative estimate of drug-likeness (QED) is 0.0642. The topological polar surface area (TPSA) is 117 Å². The van der Waals surface area contributed by atoms with Gasteiger partial charge < -0.3 is 45.4 Å². The van der Waals surface area contributed by atoms with E-state index < -0.39 is 22.8 Å². The normalized spacial score (nSPS) is 13.2. The van der Waals surface area contributed by atoms with E-state index in [0.29, 0.717) is 69.4 Å². The van der Waals surface area contributed by atoms with Gasteiger partial charge in [-0.2, -0.15) is 0 Å². The third kappa shape index (κ3) is 10.8. The highest BCUT2D eigenvalue weighted by molar-refractivity contribution is 7.43. The van der Waals surface area contributed by atoms with Crippen LogP contribution in [0.15, 0.2) is 75.1 Å². The molecule has 7 rings (SSSR count). The van der Waals surface area contributed by atoms with Gasteiger partial charge in [0.25, 0.3) is 0 Å². The standard InChI is InChI=1S/C52H62O11P2/c1-10-14-18-34-25-38(54-6)29-42(48(34)59-64-58-47-23-22-33(5)24-46(47)52(53)63-64)43-30-39(55-7)26-35(19-15-11-2)49(43)60-65-61-50-36(20-16-12-3)27-40(56-8)31-44(50)45-32-41(57-9)28-37(21-17-13-4)51(45)62-65/h22-32H,10-21H2,1-9H3. The first-order chi connectivity index (χ1) is 31.6. The van der Waals surface area contributed by atoms with Crippen molar-refractivity contribution in [2.24, 2.45) is 0 Å². The van der Waals surface area contributed by atoms with E-state index in [1.165, 1.54) is 0 Å². The van der Waals surface area contributed by atoms with Crippen LogP contribution in [0.1, 0.15) is 117 Å². The zero-order chi connectivity index (χ0) is 46.0. The molecule has 0 radical (unpaired) electrons. The summed E-state index contributed by atoms with van der Waals surface area (Å²) in [6.07, 6.45) is 10.4. The van der Waals surface area contributed by atoms with Crippen LogP contribution >= 0.6 is 16.8 Å². The van der Waals surface area contributed by atoms with Gasteiger partial charge >= 0.3 is 22.8 Å². The molecule has 2 heterocycles. The van der Waals surface area contributed by atoms with Crippen LogP contribution in [0.2, 0.25) is 0 Å². The number of ether oxygens (including phenoxy) is 4. The lowest BCUT2D eigenvalue weighted by Crippen LogP contribution is -2.15. The molecule has 0 N–H and O–H groups in total. The number of hydrogen-bond donors (Lipinski definition) is 0. The minimum Gasteiger partial charge on any atom is -0.497 e. The molecule has 0 aliphatic carbocycles. The lowest BCUT2D eigenvalue weighted by Gasteiger charge is -2.26. The van der Waals surface area contributed by atoms with Crippen molar-refractivity contribution in [3.63, 3.8) is 0 Å². The van der Waals surface area contributed by atoms with Crippen LogP contribution in [-0.2, 0) is 30.2 Å². The van der Waals surface area contributed by atoms with Crippen molar-refractivity contribution >= 4 is 44.8 Å². The van der Waals surface area contributed by atoms with Gasteiger partial charge in [-0.15, -0.1) is 0 Å². The molecule has 13 heteroatoms. The maximum atomic E-state index is 13.4. The monoisotopic (exact) mass is 924 g/mol. The van der Waals surface area contributed by atoms with Crippen molar-refractivity contribution in [3.05, 3.63) is 100 Å². The molecular formula is C52H62O11P2. The SMILES string of the molecule is CCCCc1cc(OC)cc(-c2cc(OC)cc(CCCC)c2Op2oc3c(CCCC)cc(OC)cc3c3cc(OC)cc(CCCC)c3o2)c1OP1OC(=O)c2cc(C)ccc2O1. The fraction of sp³-hybridized carbons (Fsp3) is 0.404. The van der Waals surface area contributed by atoms with E-state index in [1.54, 1.807) is 40.6 Å². The largest absolute Gasteiger partial charge is 0.532 e. The van der Waals surface area contributed by atoms with Crippen LogP contribution in [0.25, 0.3) is 33.1 Å². The summed E-state index contributed by atoms with van der Waals surface area (Å²) in [5.41, 5.74) is 7.72. The van der Waals surface area contributed by atoms with Gasteiger partial charge in [-0.25, -0.2) is 4.79 Å². The number of fused-ring (bicyclic) bond motifs is 4. The Morgan fingerprint density at radius 1 is 0.492 bits per heavy atom. The highest BCUT2D eigenvalue weighted by Gasteiger charge is 2.35. The van der Waals surface area contributed by atoms with Crippen molar-refractivity contribution < 1.29 is 50.2 Å². The summed E-state index contributed by atoms with van der Waals surface area (Å²) >= 11 is 0. The predicted molar refractivity (Wildman–Crippen MR) is 260 cm³/mol. The van der Waals surface area contributed by atoms with Gasteiger partial charge in [0.2, 0.25) is 0 Å². The second-order valence-electron chi connectivity index (χ2n) is 16.3. The molecule has 0 spiro atoms. The fourth-order valence-electron chi connectivity index (χ4n) is 8.04. The highest BCUT2D eigenvalue weighted by atomic mass is 31.2. The molecule has 346 valence electrons. The highest BCUT2D eigenvalue weighted by Crippen LogP contribution is 2.54. The van der Waals surface area contributed by atoms with Crippen molar-refractivity contribution in [1.82, 2.24) is 0 Å². The van der Waals surface area contributed by atoms with Crippen molar-refractivity contribution in [1.29, 1.82) is 0 Å². The van der Waals surface area contributed by atoms with Gasteiger partial charge in [-0.3, -0.25) is 0 Å². The van der Waals surface area contributed by atoms with Crippen LogP contribution in [0.4, 0.5) is 0 Å². The molecule has 11 nitrogen and oxygen atoms in total. The molecule has 65 heavy (non-hydrogen) atoms. The Bertz CT molecular complexity index is 2590. The van der Waals surface area contributed by atoms with Gasteiger partial charge in [-0.1, -0.05) is 65.0 Å². The first-order valence-corrected chi connectivity index (χ1v) is 25.0. The number of carbonyl (C=O) groups excluding carboxylic acids is 1. The Morgan fingerprint density at radius 3 is 1.38 bits per heavy atom. The summed E-state index contributed by atoms with van der Waals surface area (Å²) in [7, 11) is 2.31. The average Bonchev–Trinajstić information content (AvgIpc) is 3.48. The number of benzene rings is 5. The molecule has 0 fully saturated rings. The Balaban J connectivity index is 1.51. The number of rotatable bonds is 21. The second-order valence-corrected chi connectivity index (χ2v) is 18.3. The average molecular weight is 925 g/mol. The predicted octanol–water partition coefficient (Wildman–Crippen LogP) is 15.4. The molecule has 0 amide bonds. The van der Waals surface area contributed by atoms with Crippen LogP contribution in [0.3, 0.4) is 0 Å². The Kier molecular flexibility index (Phi) is 16.2. The number of methoxy groups -OCH3 is 4. The third-order valence-electron chi connectivity index (χ3n) is 11.6. The maximum absolute atomic E-state index is 13.4. The zero-order valence-corrected chi connectivity index (χ0v) is 41.0. The molecule has 1 unspecified atom stereocenters. The van der Waals surface area contributed by atoms with Gasteiger partial charge in [0.05, 0.1) is 28.4 Å². The molecule has 1 aromatic heterocycles. The van der Waals surface area contributed by atoms with E-state index in [4.69, 9.17) is 45.4 Å². The summed E-state index contributed by atoms with van der Waals surface area (Å²) in [6.45, 7) is 10.6. The van der Waals surface area contributed by atoms with E-state index in [0.717, 1.165) is 114 Å². The van der Waals surface area contributed by atoms with Crippen LogP contribution < -0.4 is 32.5 Å². The molecule has 6 aromatic rings. The second kappa shape index (κ2) is 22.1. The Morgan fingerprint density at radius 2 is 0.923 bits per heavy atom. The lowest BCUT2D eigenvalue weighted by atomic mass is 9.94. The number of unbranched alkanes of at least 4 members (excludes halogenated alkanes) is 4. The minimum atomic E-state index is -2.21. The lowest BCUT2D eigenvalue weighted by molar-refractivity contribution is 0.0697. The van der Waals surface area contributed by atoms with Gasteiger partial charge in [0, 0.05) is 21.9 Å². The van der Waals surface area contributed by atoms with Crippen molar-refractivity contribution in [2.75, 3.05) is 28.4 Å². The minimum absolute atomic E-state index is 0.360. The van der Waals surface area contributed by atoms with Gasteiger partial charge in [-0.05, 0) is 141 Å². The number of aryl methyl sites for hydroxylation is 5. The molecule has 1 aliphatic heterocycles. The molecule has 0 bridgehead atoms. The van der Waals surface area contributed by atoms with E-state index in [9.17, 15) is 4.79 Å². The molecule has 0 saturated heterocycles. The first kappa shape index (κ1) is 47.5. The summed E-state index contributed by atoms with van der Waals surface area (Å²) in [6, 6.07) is 21.4. The zero-order valence-electron chi connectivity index (χ0n) is 39.2. The molecule has 1 aliphatic rings. The van der Waals surface area contributed by atoms with Crippen LogP contribution in [0.5, 0.6) is 40.2 Å². The molecule has 5 aromatic carbocycles. The molecule has 0 saturated carbocycles. The summed E-state index contributed by atoms with van der Waals surface area (Å²) in [5, 5.41) is 1.70. The van der Waals surface area contributed by atoms with E-state index in [1.807, 2.05) is 49.4 Å².